The van der Waals surface area contributed by atoms with Crippen molar-refractivity contribution in [1.29, 1.82) is 0 Å². The van der Waals surface area contributed by atoms with E-state index in [1.165, 1.54) is 12.8 Å². The molecule has 11 heteroatoms. The van der Waals surface area contributed by atoms with Crippen LogP contribution in [-0.2, 0) is 10.0 Å². The molecule has 6 nitrogen and oxygen atoms in total. The van der Waals surface area contributed by atoms with E-state index in [9.17, 15) is 17.2 Å². The van der Waals surface area contributed by atoms with Gasteiger partial charge in [0.25, 0.3) is 10.0 Å². The molecule has 1 aliphatic carbocycles. The molecule has 1 saturated carbocycles. The Bertz CT molecular complexity index is 980. The lowest BCUT2D eigenvalue weighted by Gasteiger charge is -2.20. The Morgan fingerprint density at radius 1 is 1.34 bits per heavy atom. The fourth-order valence-electron chi connectivity index (χ4n) is 2.91. The molecule has 160 valence electrons. The summed E-state index contributed by atoms with van der Waals surface area (Å²) in [6, 6.07) is 2.26. The van der Waals surface area contributed by atoms with Gasteiger partial charge in [-0.15, -0.1) is 0 Å². The average molecular weight is 465 g/mol. The monoisotopic (exact) mass is 464 g/mol. The van der Waals surface area contributed by atoms with Crippen molar-refractivity contribution in [3.05, 3.63) is 34.3 Å². The highest BCUT2D eigenvalue weighted by atomic mass is 35.5. The van der Waals surface area contributed by atoms with Gasteiger partial charge >= 0.3 is 0 Å². The summed E-state index contributed by atoms with van der Waals surface area (Å²) in [6.07, 6.45) is 5.47. The van der Waals surface area contributed by atoms with Gasteiger partial charge < -0.3 is 10.6 Å². The number of benzene rings is 1. The van der Waals surface area contributed by atoms with Crippen LogP contribution in [0.5, 0.6) is 0 Å². The van der Waals surface area contributed by atoms with Crippen molar-refractivity contribution in [1.82, 2.24) is 10.3 Å². The number of anilines is 2. The van der Waals surface area contributed by atoms with Gasteiger partial charge in [0.05, 0.1) is 16.9 Å². The Hall–Kier alpha value is -1.49. The first-order valence-electron chi connectivity index (χ1n) is 9.16. The van der Waals surface area contributed by atoms with Crippen molar-refractivity contribution in [2.24, 2.45) is 5.41 Å². The van der Waals surface area contributed by atoms with Gasteiger partial charge in [0.2, 0.25) is 0 Å². The molecule has 0 aliphatic heterocycles. The van der Waals surface area contributed by atoms with Crippen LogP contribution in [0.25, 0.3) is 0 Å². The molecule has 1 aromatic heterocycles. The van der Waals surface area contributed by atoms with Gasteiger partial charge in [-0.3, -0.25) is 4.72 Å². The van der Waals surface area contributed by atoms with Crippen LogP contribution in [0.4, 0.5) is 19.6 Å². The smallest absolute Gasteiger partial charge is 0.266 e. The number of aromatic nitrogens is 1. The summed E-state index contributed by atoms with van der Waals surface area (Å²) in [5.41, 5.74) is 0.753. The summed E-state index contributed by atoms with van der Waals surface area (Å²) in [7, 11) is -2.42. The van der Waals surface area contributed by atoms with E-state index in [4.69, 9.17) is 11.6 Å². The molecule has 1 fully saturated rings. The highest BCUT2D eigenvalue weighted by Gasteiger charge is 2.36. The molecule has 0 saturated heterocycles. The molecule has 0 radical (unpaired) electrons. The van der Waals surface area contributed by atoms with E-state index in [2.05, 4.69) is 22.5 Å². The first-order valence-corrected chi connectivity index (χ1v) is 11.8. The van der Waals surface area contributed by atoms with Gasteiger partial charge in [-0.25, -0.2) is 17.8 Å². The minimum atomic E-state index is -4.29. The minimum Gasteiger partial charge on any atom is -0.382 e. The lowest BCUT2D eigenvalue weighted by Crippen LogP contribution is -2.33. The molecule has 1 aliphatic rings. The number of thiazole rings is 1. The van der Waals surface area contributed by atoms with Crippen LogP contribution in [-0.4, -0.2) is 33.0 Å². The molecule has 1 atom stereocenters. The summed E-state index contributed by atoms with van der Waals surface area (Å²) in [4.78, 5) is 2.94. The average Bonchev–Trinajstić information content (AvgIpc) is 3.26. The highest BCUT2D eigenvalue weighted by Crippen LogP contribution is 2.49. The zero-order valence-electron chi connectivity index (χ0n) is 16.1. The topological polar surface area (TPSA) is 83.1 Å². The second-order valence-corrected chi connectivity index (χ2v) is 10.6. The van der Waals surface area contributed by atoms with Crippen molar-refractivity contribution >= 4 is 43.8 Å². The van der Waals surface area contributed by atoms with E-state index < -0.39 is 25.9 Å². The third kappa shape index (κ3) is 5.78. The summed E-state index contributed by atoms with van der Waals surface area (Å²) in [5.74, 6) is -0.965. The van der Waals surface area contributed by atoms with Gasteiger partial charge in [0.1, 0.15) is 10.7 Å². The van der Waals surface area contributed by atoms with Gasteiger partial charge in [-0.2, -0.15) is 4.39 Å². The number of nitrogens with one attached hydrogen (secondary N) is 3. The molecule has 0 unspecified atom stereocenters. The predicted octanol–water partition coefficient (Wildman–Crippen LogP) is 4.46. The number of halogens is 3. The largest absolute Gasteiger partial charge is 0.382 e. The molecule has 0 spiro atoms. The summed E-state index contributed by atoms with van der Waals surface area (Å²) < 4.78 is 54.4. The van der Waals surface area contributed by atoms with Crippen LogP contribution >= 0.6 is 22.9 Å². The fraction of sp³-hybridized carbons (Fsp3) is 0.500. The number of hydrogen-bond acceptors (Lipinski definition) is 6. The minimum absolute atomic E-state index is 0.0705. The lowest BCUT2D eigenvalue weighted by atomic mass is 9.99. The molecule has 3 N–H and O–H groups in total. The maximum absolute atomic E-state index is 14.5. The predicted molar refractivity (Wildman–Crippen MR) is 112 cm³/mol. The van der Waals surface area contributed by atoms with Gasteiger partial charge in [-0.05, 0) is 50.3 Å². The second kappa shape index (κ2) is 8.71. The zero-order chi connectivity index (χ0) is 21.2. The first kappa shape index (κ1) is 22.2. The highest BCUT2D eigenvalue weighted by molar-refractivity contribution is 7.93. The Balaban J connectivity index is 1.68. The molecule has 1 heterocycles. The van der Waals surface area contributed by atoms with E-state index in [-0.39, 0.29) is 16.2 Å². The van der Waals surface area contributed by atoms with Crippen LogP contribution in [0.15, 0.2) is 23.2 Å². The Labute approximate surface area is 178 Å². The Morgan fingerprint density at radius 2 is 2.07 bits per heavy atom. The molecular formula is C18H23ClF2N4O2S2. The maximum Gasteiger partial charge on any atom is 0.266 e. The van der Waals surface area contributed by atoms with Crippen molar-refractivity contribution < 1.29 is 17.2 Å². The third-order valence-electron chi connectivity index (χ3n) is 5.16. The van der Waals surface area contributed by atoms with Crippen molar-refractivity contribution in [2.75, 3.05) is 23.6 Å². The van der Waals surface area contributed by atoms with Crippen LogP contribution in [0.1, 0.15) is 32.6 Å². The van der Waals surface area contributed by atoms with Gasteiger partial charge in [0, 0.05) is 12.6 Å². The van der Waals surface area contributed by atoms with Crippen molar-refractivity contribution in [3.63, 3.8) is 0 Å². The summed E-state index contributed by atoms with van der Waals surface area (Å²) >= 11 is 6.69. The van der Waals surface area contributed by atoms with Crippen LogP contribution in [0, 0.1) is 16.4 Å². The number of nitrogens with zero attached hydrogens (tertiary/aromatic N) is 1. The molecule has 29 heavy (non-hydrogen) atoms. The quantitative estimate of drug-likeness (QED) is 0.483. The molecule has 1 aromatic carbocycles. The molecule has 0 bridgehead atoms. The number of likely N-dealkylation sites (N-methyl/N-ethyl adjacent to an activating group) is 1. The molecular weight excluding hydrogens is 442 g/mol. The summed E-state index contributed by atoms with van der Waals surface area (Å²) in [5, 5.41) is 5.53. The maximum atomic E-state index is 14.5. The molecule has 2 aromatic rings. The van der Waals surface area contributed by atoms with E-state index in [1.54, 1.807) is 0 Å². The lowest BCUT2D eigenvalue weighted by molar-refractivity contribution is 0.431. The van der Waals surface area contributed by atoms with Crippen molar-refractivity contribution in [3.8, 4) is 0 Å². The van der Waals surface area contributed by atoms with Crippen LogP contribution in [0.2, 0.25) is 5.02 Å². The van der Waals surface area contributed by atoms with Gasteiger partial charge in [-0.1, -0.05) is 29.9 Å². The fourth-order valence-corrected chi connectivity index (χ4v) is 5.08. The second-order valence-electron chi connectivity index (χ2n) is 7.55. The van der Waals surface area contributed by atoms with E-state index in [0.717, 1.165) is 31.2 Å². The summed E-state index contributed by atoms with van der Waals surface area (Å²) in [6.45, 7) is 2.79. The van der Waals surface area contributed by atoms with Crippen LogP contribution in [0.3, 0.4) is 0 Å². The van der Waals surface area contributed by atoms with E-state index >= 15 is 0 Å². The normalized spacial score (nSPS) is 16.4. The number of rotatable bonds is 10. The van der Waals surface area contributed by atoms with E-state index in [0.29, 0.717) is 29.0 Å². The number of sulfonamides is 1. The third-order valence-corrected chi connectivity index (χ3v) is 7.65. The standard InChI is InChI=1S/C18H23ClF2N4O2S2/c1-18(5-6-18)4-3-11(22-2)9-23-14-8-13(20)15(7-12(14)19)29(26,27)25-17-24-10-16(21)28-17/h7-8,10-11,22-23H,3-6,9H2,1-2H3,(H,24,25)/t11-/m0/s1. The van der Waals surface area contributed by atoms with Gasteiger partial charge in [0.15, 0.2) is 10.3 Å². The molecule has 3 rings (SSSR count). The Kier molecular flexibility index (Phi) is 6.67. The van der Waals surface area contributed by atoms with Crippen LogP contribution < -0.4 is 15.4 Å². The van der Waals surface area contributed by atoms with E-state index in [1.807, 2.05) is 11.8 Å². The van der Waals surface area contributed by atoms with Crippen molar-refractivity contribution in [2.45, 2.75) is 43.5 Å². The first-order chi connectivity index (χ1) is 13.6. The SMILES string of the molecule is CN[C@@H](CCC1(C)CC1)CNc1cc(F)c(S(=O)(=O)Nc2ncc(F)s2)cc1Cl. The molecule has 0 amide bonds. The Morgan fingerprint density at radius 3 is 2.66 bits per heavy atom. The number of hydrogen-bond donors (Lipinski definition) is 3. The zero-order valence-corrected chi connectivity index (χ0v) is 18.4.